The van der Waals surface area contributed by atoms with Crippen molar-refractivity contribution in [3.63, 3.8) is 0 Å². The molecular formula is C28H23ClF4N6O2. The van der Waals surface area contributed by atoms with E-state index < -0.39 is 30.0 Å². The van der Waals surface area contributed by atoms with E-state index in [2.05, 4.69) is 15.0 Å². The highest BCUT2D eigenvalue weighted by molar-refractivity contribution is 6.30. The first-order chi connectivity index (χ1) is 19.7. The number of rotatable bonds is 7. The smallest absolute Gasteiger partial charge is 0.421 e. The van der Waals surface area contributed by atoms with Crippen LogP contribution >= 0.6 is 11.6 Å². The molecule has 1 atom stereocenters. The number of hydrogen-bond donors (Lipinski definition) is 0. The quantitative estimate of drug-likeness (QED) is 0.267. The summed E-state index contributed by atoms with van der Waals surface area (Å²) in [6, 6.07) is 10.4. The predicted molar refractivity (Wildman–Crippen MR) is 139 cm³/mol. The molecular weight excluding hydrogens is 564 g/mol. The monoisotopic (exact) mass is 586 g/mol. The van der Waals surface area contributed by atoms with Crippen molar-refractivity contribution >= 4 is 22.8 Å². The summed E-state index contributed by atoms with van der Waals surface area (Å²) < 4.78 is 69.0. The van der Waals surface area contributed by atoms with Gasteiger partial charge in [0.15, 0.2) is 5.65 Å². The van der Waals surface area contributed by atoms with Crippen molar-refractivity contribution in [2.45, 2.75) is 51.4 Å². The van der Waals surface area contributed by atoms with Crippen LogP contribution in [0.3, 0.4) is 0 Å². The highest BCUT2D eigenvalue weighted by atomic mass is 35.5. The Morgan fingerprint density at radius 1 is 1.15 bits per heavy atom. The van der Waals surface area contributed by atoms with Gasteiger partial charge in [0.05, 0.1) is 30.4 Å². The molecule has 2 aliphatic heterocycles. The summed E-state index contributed by atoms with van der Waals surface area (Å²) in [6.07, 6.45) is -3.37. The summed E-state index contributed by atoms with van der Waals surface area (Å²) >= 11 is 5.78. The van der Waals surface area contributed by atoms with Crippen LogP contribution in [-0.4, -0.2) is 43.7 Å². The maximum Gasteiger partial charge on any atom is 0.421 e. The Morgan fingerprint density at radius 3 is 2.68 bits per heavy atom. The Hall–Kier alpha value is -3.79. The topological polar surface area (TPSA) is 89.1 Å². The van der Waals surface area contributed by atoms with Crippen LogP contribution < -0.4 is 4.74 Å². The molecule has 1 unspecified atom stereocenters. The van der Waals surface area contributed by atoms with Crippen LogP contribution in [0.5, 0.6) is 5.88 Å². The summed E-state index contributed by atoms with van der Waals surface area (Å²) in [5, 5.41) is 9.42. The lowest BCUT2D eigenvalue weighted by molar-refractivity contribution is -0.139. The number of nitriles is 1. The third-order valence-electron chi connectivity index (χ3n) is 7.26. The van der Waals surface area contributed by atoms with Crippen LogP contribution in [-0.2, 0) is 43.6 Å². The van der Waals surface area contributed by atoms with E-state index in [1.807, 2.05) is 21.6 Å². The molecule has 6 rings (SSSR count). The van der Waals surface area contributed by atoms with Gasteiger partial charge in [0.25, 0.3) is 0 Å². The van der Waals surface area contributed by atoms with E-state index in [0.29, 0.717) is 55.4 Å². The predicted octanol–water partition coefficient (Wildman–Crippen LogP) is 5.44. The first-order valence-electron chi connectivity index (χ1n) is 12.9. The SMILES string of the molecule is N#Cc1ccc2c(n1)nc(CN1CCc3cc(C(F)(F)F)c(OCc4ccc(Cl)cc4F)nc3C1)n2CC1CCO1. The normalized spacial score (nSPS) is 17.2. The molecule has 2 aliphatic rings. The second-order valence-electron chi connectivity index (χ2n) is 10.0. The van der Waals surface area contributed by atoms with Crippen LogP contribution in [0.15, 0.2) is 36.4 Å². The van der Waals surface area contributed by atoms with Crippen LogP contribution in [0.1, 0.15) is 40.3 Å². The first kappa shape index (κ1) is 27.4. The standard InChI is InChI=1S/C28H23ClF4N6O2/c29-18-2-1-17(22(30)10-18)15-41-27-21(28(31,32)33)9-16-5-7-38(13-23(16)36-27)14-25-37-26-24(4-3-19(11-34)35-26)39(25)12-20-6-8-40-20/h1-4,9-10,20H,5-8,12-15H2. The van der Waals surface area contributed by atoms with Crippen molar-refractivity contribution in [3.05, 3.63) is 81.1 Å². The summed E-state index contributed by atoms with van der Waals surface area (Å²) in [5.41, 5.74) is 1.49. The third kappa shape index (κ3) is 5.70. The highest BCUT2D eigenvalue weighted by Crippen LogP contribution is 2.38. The van der Waals surface area contributed by atoms with E-state index in [9.17, 15) is 22.8 Å². The van der Waals surface area contributed by atoms with E-state index in [1.165, 1.54) is 12.1 Å². The van der Waals surface area contributed by atoms with E-state index >= 15 is 0 Å². The number of aromatic nitrogens is 4. The first-order valence-corrected chi connectivity index (χ1v) is 13.3. The molecule has 8 nitrogen and oxygen atoms in total. The molecule has 0 spiro atoms. The largest absolute Gasteiger partial charge is 0.472 e. The molecule has 0 amide bonds. The molecule has 0 N–H and O–H groups in total. The molecule has 4 aromatic rings. The van der Waals surface area contributed by atoms with Crippen molar-refractivity contribution in [3.8, 4) is 11.9 Å². The van der Waals surface area contributed by atoms with Gasteiger partial charge in [-0.3, -0.25) is 4.90 Å². The van der Waals surface area contributed by atoms with Gasteiger partial charge in [0, 0.05) is 30.3 Å². The molecule has 212 valence electrons. The Morgan fingerprint density at radius 2 is 1.98 bits per heavy atom. The van der Waals surface area contributed by atoms with Crippen molar-refractivity contribution in [2.75, 3.05) is 13.2 Å². The van der Waals surface area contributed by atoms with Gasteiger partial charge < -0.3 is 14.0 Å². The van der Waals surface area contributed by atoms with Crippen molar-refractivity contribution < 1.29 is 27.0 Å². The fraction of sp³-hybridized carbons (Fsp3) is 0.357. The number of benzene rings is 1. The number of ether oxygens (including phenoxy) is 2. The van der Waals surface area contributed by atoms with Crippen LogP contribution in [0.2, 0.25) is 5.02 Å². The summed E-state index contributed by atoms with van der Waals surface area (Å²) in [6.45, 7) is 1.98. The highest BCUT2D eigenvalue weighted by Gasteiger charge is 2.37. The van der Waals surface area contributed by atoms with Gasteiger partial charge >= 0.3 is 6.18 Å². The van der Waals surface area contributed by atoms with Gasteiger partial charge in [-0.15, -0.1) is 0 Å². The maximum absolute atomic E-state index is 14.2. The van der Waals surface area contributed by atoms with Gasteiger partial charge in [-0.1, -0.05) is 17.7 Å². The fourth-order valence-corrected chi connectivity index (χ4v) is 5.16. The molecule has 0 bridgehead atoms. The van der Waals surface area contributed by atoms with Crippen LogP contribution in [0, 0.1) is 17.1 Å². The summed E-state index contributed by atoms with van der Waals surface area (Å²) in [5.74, 6) is -0.569. The number of halogens is 5. The molecule has 1 aromatic carbocycles. The average Bonchev–Trinajstić information content (AvgIpc) is 3.24. The number of imidazole rings is 1. The van der Waals surface area contributed by atoms with Gasteiger partial charge in [-0.2, -0.15) is 18.4 Å². The second kappa shape index (κ2) is 10.9. The lowest BCUT2D eigenvalue weighted by Crippen LogP contribution is -2.34. The minimum absolute atomic E-state index is 0.0523. The summed E-state index contributed by atoms with van der Waals surface area (Å²) in [4.78, 5) is 15.3. The average molecular weight is 587 g/mol. The van der Waals surface area contributed by atoms with Crippen LogP contribution in [0.4, 0.5) is 17.6 Å². The van der Waals surface area contributed by atoms with Gasteiger partial charge in [-0.25, -0.2) is 19.3 Å². The Balaban J connectivity index is 1.27. The number of alkyl halides is 3. The lowest BCUT2D eigenvalue weighted by Gasteiger charge is -2.30. The number of pyridine rings is 2. The minimum Gasteiger partial charge on any atom is -0.472 e. The molecule has 0 aliphatic carbocycles. The number of nitrogens with zero attached hydrogens (tertiary/aromatic N) is 6. The third-order valence-corrected chi connectivity index (χ3v) is 7.50. The Kier molecular flexibility index (Phi) is 7.27. The zero-order valence-electron chi connectivity index (χ0n) is 21.6. The van der Waals surface area contributed by atoms with E-state index in [-0.39, 0.29) is 28.9 Å². The van der Waals surface area contributed by atoms with Crippen molar-refractivity contribution in [2.24, 2.45) is 0 Å². The van der Waals surface area contributed by atoms with Gasteiger partial charge in [0.1, 0.15) is 35.6 Å². The van der Waals surface area contributed by atoms with Crippen molar-refractivity contribution in [1.29, 1.82) is 5.26 Å². The fourth-order valence-electron chi connectivity index (χ4n) is 5.00. The van der Waals surface area contributed by atoms with E-state index in [4.69, 9.17) is 21.1 Å². The molecule has 5 heterocycles. The molecule has 0 radical (unpaired) electrons. The molecule has 3 aromatic heterocycles. The molecule has 41 heavy (non-hydrogen) atoms. The lowest BCUT2D eigenvalue weighted by atomic mass is 10.0. The molecule has 1 saturated heterocycles. The molecule has 13 heteroatoms. The van der Waals surface area contributed by atoms with Crippen LogP contribution in [0.25, 0.3) is 11.2 Å². The van der Waals surface area contributed by atoms with E-state index in [1.54, 1.807) is 6.07 Å². The molecule has 0 saturated carbocycles. The Bertz CT molecular complexity index is 1660. The summed E-state index contributed by atoms with van der Waals surface area (Å²) in [7, 11) is 0. The minimum atomic E-state index is -4.70. The molecule has 1 fully saturated rings. The Labute approximate surface area is 237 Å². The second-order valence-corrected chi connectivity index (χ2v) is 10.4. The van der Waals surface area contributed by atoms with Crippen molar-refractivity contribution in [1.82, 2.24) is 24.4 Å². The number of hydrogen-bond acceptors (Lipinski definition) is 7. The van der Waals surface area contributed by atoms with E-state index in [0.717, 1.165) is 24.1 Å². The maximum atomic E-state index is 14.2. The zero-order valence-corrected chi connectivity index (χ0v) is 22.3. The zero-order chi connectivity index (χ0) is 28.7. The van der Waals surface area contributed by atoms with Gasteiger partial charge in [-0.05, 0) is 48.7 Å². The van der Waals surface area contributed by atoms with Gasteiger partial charge in [0.2, 0.25) is 5.88 Å². The number of fused-ring (bicyclic) bond motifs is 2.